The normalized spacial score (nSPS) is 17.6. The molecule has 2 aromatic carbocycles. The highest BCUT2D eigenvalue weighted by molar-refractivity contribution is 6.00. The molecule has 0 unspecified atom stereocenters. The van der Waals surface area contributed by atoms with Crippen LogP contribution in [0.15, 0.2) is 48.5 Å². The van der Waals surface area contributed by atoms with E-state index in [1.807, 2.05) is 53.4 Å². The van der Waals surface area contributed by atoms with Crippen molar-refractivity contribution in [3.63, 3.8) is 0 Å². The van der Waals surface area contributed by atoms with Crippen molar-refractivity contribution in [2.75, 3.05) is 19.7 Å². The Balaban J connectivity index is 1.37. The van der Waals surface area contributed by atoms with Crippen LogP contribution in [-0.2, 0) is 0 Å². The number of likely N-dealkylation sites (tertiary alicyclic amines) is 1. The highest BCUT2D eigenvalue weighted by Crippen LogP contribution is 2.39. The van der Waals surface area contributed by atoms with E-state index in [1.54, 1.807) is 0 Å². The number of ketones is 1. The molecule has 4 rings (SSSR count). The van der Waals surface area contributed by atoms with E-state index < -0.39 is 5.60 Å². The summed E-state index contributed by atoms with van der Waals surface area (Å²) in [7, 11) is 0. The van der Waals surface area contributed by atoms with Crippen molar-refractivity contribution in [2.45, 2.75) is 44.6 Å². The van der Waals surface area contributed by atoms with Crippen LogP contribution < -0.4 is 9.47 Å². The van der Waals surface area contributed by atoms with Gasteiger partial charge in [0, 0.05) is 31.5 Å². The SMILES string of the molecule is CCCCOc1ccc(C(=O)N2CCC3(CC2)CC(=O)c2ccccc2O3)cc1. The number of carbonyl (C=O) groups is 2. The Morgan fingerprint density at radius 3 is 2.55 bits per heavy atom. The first-order valence-electron chi connectivity index (χ1n) is 10.4. The first-order valence-corrected chi connectivity index (χ1v) is 10.4. The number of hydrogen-bond donors (Lipinski definition) is 0. The smallest absolute Gasteiger partial charge is 0.253 e. The number of para-hydroxylation sites is 1. The van der Waals surface area contributed by atoms with Gasteiger partial charge in [0.2, 0.25) is 0 Å². The van der Waals surface area contributed by atoms with Crippen LogP contribution in [0.25, 0.3) is 0 Å². The summed E-state index contributed by atoms with van der Waals surface area (Å²) in [6, 6.07) is 14.8. The minimum Gasteiger partial charge on any atom is -0.494 e. The van der Waals surface area contributed by atoms with E-state index in [1.165, 1.54) is 0 Å². The number of Topliss-reactive ketones (excluding diaryl/α,β-unsaturated/α-hetero) is 1. The summed E-state index contributed by atoms with van der Waals surface area (Å²) in [5.41, 5.74) is 0.840. The van der Waals surface area contributed by atoms with Crippen molar-refractivity contribution in [1.82, 2.24) is 4.90 Å². The molecule has 0 saturated carbocycles. The summed E-state index contributed by atoms with van der Waals surface area (Å²) in [4.78, 5) is 27.3. The number of unbranched alkanes of at least 4 members (excludes halogenated alkanes) is 1. The Hall–Kier alpha value is -2.82. The lowest BCUT2D eigenvalue weighted by atomic mass is 9.82. The highest BCUT2D eigenvalue weighted by Gasteiger charge is 2.43. The molecule has 1 saturated heterocycles. The molecule has 1 fully saturated rings. The van der Waals surface area contributed by atoms with Gasteiger partial charge in [0.25, 0.3) is 5.91 Å². The van der Waals surface area contributed by atoms with Crippen molar-refractivity contribution in [3.8, 4) is 11.5 Å². The molecule has 2 heterocycles. The monoisotopic (exact) mass is 393 g/mol. The fourth-order valence-corrected chi connectivity index (χ4v) is 4.05. The maximum Gasteiger partial charge on any atom is 0.253 e. The molecule has 0 aliphatic carbocycles. The zero-order valence-electron chi connectivity index (χ0n) is 16.9. The Bertz CT molecular complexity index is 882. The molecule has 0 aromatic heterocycles. The van der Waals surface area contributed by atoms with Crippen LogP contribution in [0.2, 0.25) is 0 Å². The number of benzene rings is 2. The van der Waals surface area contributed by atoms with E-state index in [2.05, 4.69) is 6.92 Å². The number of ether oxygens (including phenoxy) is 2. The molecule has 5 heteroatoms. The Labute approximate surface area is 171 Å². The number of amides is 1. The maximum atomic E-state index is 12.9. The number of piperidine rings is 1. The Kier molecular flexibility index (Phi) is 5.56. The number of hydrogen-bond acceptors (Lipinski definition) is 4. The summed E-state index contributed by atoms with van der Waals surface area (Å²) in [6.45, 7) is 3.99. The Morgan fingerprint density at radius 2 is 1.83 bits per heavy atom. The minimum absolute atomic E-state index is 0.0162. The summed E-state index contributed by atoms with van der Waals surface area (Å²) in [5.74, 6) is 1.61. The third-order valence-corrected chi connectivity index (χ3v) is 5.83. The average Bonchev–Trinajstić information content (AvgIpc) is 2.74. The zero-order valence-corrected chi connectivity index (χ0v) is 16.9. The van der Waals surface area contributed by atoms with Gasteiger partial charge in [-0.05, 0) is 42.8 Å². The molecular formula is C24H27NO4. The molecule has 5 nitrogen and oxygen atoms in total. The van der Waals surface area contributed by atoms with Gasteiger partial charge in [-0.25, -0.2) is 0 Å². The van der Waals surface area contributed by atoms with Gasteiger partial charge in [0.1, 0.15) is 17.1 Å². The van der Waals surface area contributed by atoms with Gasteiger partial charge < -0.3 is 14.4 Å². The van der Waals surface area contributed by atoms with Gasteiger partial charge in [0.15, 0.2) is 5.78 Å². The quantitative estimate of drug-likeness (QED) is 0.702. The van der Waals surface area contributed by atoms with Crippen LogP contribution >= 0.6 is 0 Å². The largest absolute Gasteiger partial charge is 0.494 e. The molecule has 1 amide bonds. The van der Waals surface area contributed by atoms with Crippen LogP contribution in [0.1, 0.15) is 59.7 Å². The van der Waals surface area contributed by atoms with Gasteiger partial charge in [-0.3, -0.25) is 9.59 Å². The van der Waals surface area contributed by atoms with Gasteiger partial charge in [-0.2, -0.15) is 0 Å². The van der Waals surface area contributed by atoms with Crippen molar-refractivity contribution in [2.24, 2.45) is 0 Å². The molecule has 0 N–H and O–H groups in total. The second kappa shape index (κ2) is 8.27. The number of fused-ring (bicyclic) bond motifs is 1. The van der Waals surface area contributed by atoms with Crippen LogP contribution in [0.4, 0.5) is 0 Å². The van der Waals surface area contributed by atoms with Crippen molar-refractivity contribution >= 4 is 11.7 Å². The molecular weight excluding hydrogens is 366 g/mol. The van der Waals surface area contributed by atoms with Crippen molar-refractivity contribution in [1.29, 1.82) is 0 Å². The topological polar surface area (TPSA) is 55.8 Å². The third kappa shape index (κ3) is 4.14. The van der Waals surface area contributed by atoms with Crippen LogP contribution in [0.5, 0.6) is 11.5 Å². The molecule has 0 atom stereocenters. The van der Waals surface area contributed by atoms with Gasteiger partial charge in [-0.1, -0.05) is 25.5 Å². The zero-order chi connectivity index (χ0) is 20.3. The third-order valence-electron chi connectivity index (χ3n) is 5.83. The highest BCUT2D eigenvalue weighted by atomic mass is 16.5. The van der Waals surface area contributed by atoms with Crippen molar-refractivity contribution < 1.29 is 19.1 Å². The summed E-state index contributed by atoms with van der Waals surface area (Å²) < 4.78 is 11.9. The predicted octanol–water partition coefficient (Wildman–Crippen LogP) is 4.51. The summed E-state index contributed by atoms with van der Waals surface area (Å²) >= 11 is 0. The second-order valence-electron chi connectivity index (χ2n) is 7.90. The van der Waals surface area contributed by atoms with Gasteiger partial charge in [0.05, 0.1) is 18.6 Å². The van der Waals surface area contributed by atoms with Crippen LogP contribution in [0.3, 0.4) is 0 Å². The summed E-state index contributed by atoms with van der Waals surface area (Å²) in [6.07, 6.45) is 3.82. The lowest BCUT2D eigenvalue weighted by molar-refractivity contribution is -0.00570. The maximum absolute atomic E-state index is 12.9. The molecule has 2 aliphatic heterocycles. The second-order valence-corrected chi connectivity index (χ2v) is 7.90. The number of carbonyl (C=O) groups excluding carboxylic acids is 2. The number of nitrogens with zero attached hydrogens (tertiary/aromatic N) is 1. The molecule has 1 spiro atoms. The lowest BCUT2D eigenvalue weighted by Crippen LogP contribution is -2.52. The van der Waals surface area contributed by atoms with E-state index in [9.17, 15) is 9.59 Å². The number of rotatable bonds is 5. The van der Waals surface area contributed by atoms with Crippen molar-refractivity contribution in [3.05, 3.63) is 59.7 Å². The first-order chi connectivity index (χ1) is 14.1. The fraction of sp³-hybridized carbons (Fsp3) is 0.417. The van der Waals surface area contributed by atoms with E-state index >= 15 is 0 Å². The van der Waals surface area contributed by atoms with E-state index in [-0.39, 0.29) is 11.7 Å². The standard InChI is InChI=1S/C24H27NO4/c1-2-3-16-28-19-10-8-18(9-11-19)23(27)25-14-12-24(13-15-25)17-21(26)20-6-4-5-7-22(20)29-24/h4-11H,2-3,12-17H2,1H3. The van der Waals surface area contributed by atoms with Gasteiger partial charge >= 0.3 is 0 Å². The van der Waals surface area contributed by atoms with Crippen LogP contribution in [0, 0.1) is 0 Å². The van der Waals surface area contributed by atoms with Crippen LogP contribution in [-0.4, -0.2) is 41.9 Å². The minimum atomic E-state index is -0.487. The molecule has 0 bridgehead atoms. The van der Waals surface area contributed by atoms with E-state index in [4.69, 9.17) is 9.47 Å². The molecule has 2 aliphatic rings. The predicted molar refractivity (Wildman–Crippen MR) is 111 cm³/mol. The Morgan fingerprint density at radius 1 is 1.10 bits per heavy atom. The van der Waals surface area contributed by atoms with E-state index in [0.29, 0.717) is 55.8 Å². The lowest BCUT2D eigenvalue weighted by Gasteiger charge is -2.44. The van der Waals surface area contributed by atoms with Gasteiger partial charge in [-0.15, -0.1) is 0 Å². The molecule has 0 radical (unpaired) electrons. The molecule has 2 aromatic rings. The molecule has 152 valence electrons. The fourth-order valence-electron chi connectivity index (χ4n) is 4.05. The molecule has 29 heavy (non-hydrogen) atoms. The first kappa shape index (κ1) is 19.5. The average molecular weight is 393 g/mol. The van der Waals surface area contributed by atoms with E-state index in [0.717, 1.165) is 18.6 Å². The summed E-state index contributed by atoms with van der Waals surface area (Å²) in [5, 5.41) is 0.